The largest absolute Gasteiger partial charge is 0.383 e. The Labute approximate surface area is 76.6 Å². The first-order valence-electron chi connectivity index (χ1n) is 3.96. The first kappa shape index (κ1) is 9.64. The number of hydrogen-bond donors (Lipinski definition) is 1. The van der Waals surface area contributed by atoms with Crippen LogP contribution in [0, 0.1) is 0 Å². The Kier molecular flexibility index (Phi) is 4.21. The van der Waals surface area contributed by atoms with Gasteiger partial charge >= 0.3 is 0 Å². The smallest absolute Gasteiger partial charge is 0.0925 e. The molecule has 0 aliphatic carbocycles. The molecule has 0 saturated heterocycles. The summed E-state index contributed by atoms with van der Waals surface area (Å²) in [6.07, 6.45) is 3.73. The van der Waals surface area contributed by atoms with Crippen molar-refractivity contribution >= 4 is 11.3 Å². The molecular weight excluding hydrogens is 172 g/mol. The van der Waals surface area contributed by atoms with Gasteiger partial charge in [0.25, 0.3) is 0 Å². The molecule has 1 heterocycles. The van der Waals surface area contributed by atoms with Crippen molar-refractivity contribution in [3.05, 3.63) is 16.6 Å². The van der Waals surface area contributed by atoms with Gasteiger partial charge in [0.05, 0.1) is 11.6 Å². The van der Waals surface area contributed by atoms with E-state index in [1.54, 1.807) is 18.4 Å². The molecule has 2 N–H and O–H groups in total. The number of methoxy groups -OCH3 is 1. The van der Waals surface area contributed by atoms with E-state index in [0.717, 1.165) is 17.8 Å². The molecule has 1 rings (SSSR count). The lowest BCUT2D eigenvalue weighted by molar-refractivity contribution is 0.177. The molecule has 1 aromatic heterocycles. The van der Waals surface area contributed by atoms with E-state index >= 15 is 0 Å². The zero-order valence-corrected chi connectivity index (χ0v) is 8.01. The maximum absolute atomic E-state index is 5.75. The molecular formula is C8H14N2OS. The second kappa shape index (κ2) is 5.24. The summed E-state index contributed by atoms with van der Waals surface area (Å²) in [5.74, 6) is 0. The average Bonchev–Trinajstić information content (AvgIpc) is 2.53. The molecule has 4 heteroatoms. The van der Waals surface area contributed by atoms with E-state index in [-0.39, 0.29) is 6.04 Å². The molecule has 0 aliphatic rings. The summed E-state index contributed by atoms with van der Waals surface area (Å²) in [5.41, 5.74) is 5.75. The number of aryl methyl sites for hydroxylation is 1. The molecule has 0 spiro atoms. The maximum atomic E-state index is 5.75. The summed E-state index contributed by atoms with van der Waals surface area (Å²) in [6, 6.07) is 0.138. The summed E-state index contributed by atoms with van der Waals surface area (Å²) in [5, 5.41) is 3.14. The van der Waals surface area contributed by atoms with Gasteiger partial charge in [-0.25, -0.2) is 4.98 Å². The predicted molar refractivity (Wildman–Crippen MR) is 50.3 cm³/mol. The van der Waals surface area contributed by atoms with E-state index in [9.17, 15) is 0 Å². The molecule has 0 aromatic carbocycles. The number of nitrogens with zero attached hydrogens (tertiary/aromatic N) is 1. The van der Waals surface area contributed by atoms with Crippen LogP contribution in [-0.4, -0.2) is 24.7 Å². The van der Waals surface area contributed by atoms with Crippen molar-refractivity contribution in [1.82, 2.24) is 4.98 Å². The molecule has 1 unspecified atom stereocenters. The van der Waals surface area contributed by atoms with Crippen molar-refractivity contribution in [2.45, 2.75) is 18.9 Å². The fourth-order valence-corrected chi connectivity index (χ4v) is 1.62. The quantitative estimate of drug-likeness (QED) is 0.747. The second-order valence-electron chi connectivity index (χ2n) is 2.68. The minimum absolute atomic E-state index is 0.138. The zero-order chi connectivity index (χ0) is 8.81. The van der Waals surface area contributed by atoms with Crippen molar-refractivity contribution < 1.29 is 4.74 Å². The van der Waals surface area contributed by atoms with Crippen LogP contribution in [0.5, 0.6) is 0 Å². The molecule has 0 bridgehead atoms. The Morgan fingerprint density at radius 3 is 3.17 bits per heavy atom. The van der Waals surface area contributed by atoms with Gasteiger partial charge in [-0.15, -0.1) is 11.3 Å². The van der Waals surface area contributed by atoms with Crippen LogP contribution in [0.4, 0.5) is 0 Å². The lowest BCUT2D eigenvalue weighted by atomic mass is 10.2. The van der Waals surface area contributed by atoms with Crippen LogP contribution in [-0.2, 0) is 11.2 Å². The summed E-state index contributed by atoms with van der Waals surface area (Å²) in [4.78, 5) is 4.17. The van der Waals surface area contributed by atoms with Gasteiger partial charge in [0, 0.05) is 31.1 Å². The summed E-state index contributed by atoms with van der Waals surface area (Å²) in [6.45, 7) is 0.630. The van der Waals surface area contributed by atoms with Gasteiger partial charge in [-0.1, -0.05) is 0 Å². The molecule has 12 heavy (non-hydrogen) atoms. The topological polar surface area (TPSA) is 48.1 Å². The normalized spacial score (nSPS) is 13.2. The first-order chi connectivity index (χ1) is 5.83. The van der Waals surface area contributed by atoms with Crippen molar-refractivity contribution in [3.8, 4) is 0 Å². The van der Waals surface area contributed by atoms with Gasteiger partial charge in [0.2, 0.25) is 0 Å². The van der Waals surface area contributed by atoms with Crippen molar-refractivity contribution in [2.24, 2.45) is 5.73 Å². The maximum Gasteiger partial charge on any atom is 0.0925 e. The van der Waals surface area contributed by atoms with E-state index < -0.39 is 0 Å². The van der Waals surface area contributed by atoms with Crippen molar-refractivity contribution in [2.75, 3.05) is 13.7 Å². The second-order valence-corrected chi connectivity index (χ2v) is 3.66. The van der Waals surface area contributed by atoms with Gasteiger partial charge in [0.15, 0.2) is 0 Å². The Hall–Kier alpha value is -0.450. The van der Waals surface area contributed by atoms with Crippen LogP contribution in [0.2, 0.25) is 0 Å². The van der Waals surface area contributed by atoms with Gasteiger partial charge < -0.3 is 10.5 Å². The van der Waals surface area contributed by atoms with Crippen LogP contribution in [0.15, 0.2) is 11.6 Å². The van der Waals surface area contributed by atoms with E-state index in [0.29, 0.717) is 6.61 Å². The highest BCUT2D eigenvalue weighted by Gasteiger charge is 2.03. The molecule has 3 nitrogen and oxygen atoms in total. The molecule has 0 fully saturated rings. The third kappa shape index (κ3) is 3.30. The third-order valence-electron chi connectivity index (χ3n) is 1.59. The minimum atomic E-state index is 0.138. The van der Waals surface area contributed by atoms with Crippen LogP contribution >= 0.6 is 11.3 Å². The highest BCUT2D eigenvalue weighted by molar-refractivity contribution is 7.09. The molecule has 0 radical (unpaired) electrons. The number of thiazole rings is 1. The fraction of sp³-hybridized carbons (Fsp3) is 0.625. The van der Waals surface area contributed by atoms with Gasteiger partial charge in [-0.05, 0) is 6.42 Å². The summed E-state index contributed by atoms with van der Waals surface area (Å²) < 4.78 is 4.93. The third-order valence-corrected chi connectivity index (χ3v) is 2.43. The van der Waals surface area contributed by atoms with Gasteiger partial charge in [-0.3, -0.25) is 0 Å². The van der Waals surface area contributed by atoms with Crippen LogP contribution in [0.25, 0.3) is 0 Å². The lowest BCUT2D eigenvalue weighted by Crippen LogP contribution is -2.25. The minimum Gasteiger partial charge on any atom is -0.383 e. The average molecular weight is 186 g/mol. The van der Waals surface area contributed by atoms with Crippen molar-refractivity contribution in [1.29, 1.82) is 0 Å². The zero-order valence-electron chi connectivity index (χ0n) is 7.19. The van der Waals surface area contributed by atoms with E-state index in [4.69, 9.17) is 10.5 Å². The molecule has 0 saturated carbocycles. The predicted octanol–water partition coefficient (Wildman–Crippen LogP) is 1.05. The highest BCUT2D eigenvalue weighted by atomic mass is 32.1. The van der Waals surface area contributed by atoms with Gasteiger partial charge in [0.1, 0.15) is 0 Å². The van der Waals surface area contributed by atoms with E-state index in [1.165, 1.54) is 0 Å². The number of aromatic nitrogens is 1. The van der Waals surface area contributed by atoms with Crippen LogP contribution < -0.4 is 5.73 Å². The standard InChI is InChI=1S/C8H14N2OS/c1-11-6-7(9)2-3-8-10-4-5-12-8/h4-5,7H,2-3,6,9H2,1H3. The molecule has 0 amide bonds. The number of ether oxygens (including phenoxy) is 1. The number of hydrogen-bond acceptors (Lipinski definition) is 4. The Balaban J connectivity index is 2.17. The summed E-state index contributed by atoms with van der Waals surface area (Å²) in [7, 11) is 1.67. The first-order valence-corrected chi connectivity index (χ1v) is 4.83. The van der Waals surface area contributed by atoms with Crippen LogP contribution in [0.1, 0.15) is 11.4 Å². The SMILES string of the molecule is COCC(N)CCc1nccs1. The number of rotatable bonds is 5. The Bertz CT molecular complexity index is 201. The van der Waals surface area contributed by atoms with Crippen LogP contribution in [0.3, 0.4) is 0 Å². The number of nitrogens with two attached hydrogens (primary N) is 1. The van der Waals surface area contributed by atoms with Gasteiger partial charge in [-0.2, -0.15) is 0 Å². The highest BCUT2D eigenvalue weighted by Crippen LogP contribution is 2.07. The van der Waals surface area contributed by atoms with E-state index in [2.05, 4.69) is 4.98 Å². The molecule has 1 atom stereocenters. The van der Waals surface area contributed by atoms with Crippen molar-refractivity contribution in [3.63, 3.8) is 0 Å². The Morgan fingerprint density at radius 1 is 1.75 bits per heavy atom. The summed E-state index contributed by atoms with van der Waals surface area (Å²) >= 11 is 1.68. The monoisotopic (exact) mass is 186 g/mol. The Morgan fingerprint density at radius 2 is 2.58 bits per heavy atom. The molecule has 68 valence electrons. The van der Waals surface area contributed by atoms with E-state index in [1.807, 2.05) is 11.6 Å². The lowest BCUT2D eigenvalue weighted by Gasteiger charge is -2.07. The molecule has 0 aliphatic heterocycles. The fourth-order valence-electron chi connectivity index (χ4n) is 0.983. The molecule has 1 aromatic rings.